The average Bonchev–Trinajstić information content (AvgIpc) is 2.56. The molecule has 0 radical (unpaired) electrons. The Morgan fingerprint density at radius 1 is 1.24 bits per heavy atom. The lowest BCUT2D eigenvalue weighted by atomic mass is 10.3. The minimum absolute atomic E-state index is 0. The predicted molar refractivity (Wildman–Crippen MR) is 71.7 cm³/mol. The van der Waals surface area contributed by atoms with E-state index in [4.69, 9.17) is 15.9 Å². The van der Waals surface area contributed by atoms with Crippen molar-refractivity contribution >= 4 is 41.5 Å². The molecule has 0 saturated carbocycles. The number of hydrogen-bond donors (Lipinski definition) is 3. The molecule has 0 aliphatic heterocycles. The van der Waals surface area contributed by atoms with Crippen molar-refractivity contribution in [1.29, 1.82) is 0 Å². The molecule has 7 heteroatoms. The zero-order valence-corrected chi connectivity index (χ0v) is 10.7. The number of fused-ring (bicyclic) bond motifs is 1. The highest BCUT2D eigenvalue weighted by molar-refractivity contribution is 5.85. The summed E-state index contributed by atoms with van der Waals surface area (Å²) in [5.74, 6) is 0.546. The number of aliphatic hydroxyl groups excluding tert-OH is 2. The first kappa shape index (κ1) is 16.0. The Morgan fingerprint density at radius 3 is 2.53 bits per heavy atom. The van der Waals surface area contributed by atoms with Gasteiger partial charge >= 0.3 is 0 Å². The molecule has 1 aromatic carbocycles. The molecule has 0 saturated heterocycles. The fourth-order valence-electron chi connectivity index (χ4n) is 1.67. The summed E-state index contributed by atoms with van der Waals surface area (Å²) in [6.07, 6.45) is 0. The van der Waals surface area contributed by atoms with Crippen molar-refractivity contribution < 1.29 is 10.2 Å². The molecule has 96 valence electrons. The van der Waals surface area contributed by atoms with Crippen LogP contribution in [0.3, 0.4) is 0 Å². The third-order valence-electron chi connectivity index (χ3n) is 2.32. The number of aliphatic hydroxyl groups is 2. The topological polar surface area (TPSA) is 84.3 Å². The first-order valence-electron chi connectivity index (χ1n) is 4.72. The summed E-state index contributed by atoms with van der Waals surface area (Å²) in [5, 5.41) is 18.0. The number of benzene rings is 1. The third kappa shape index (κ3) is 3.01. The van der Waals surface area contributed by atoms with Crippen molar-refractivity contribution in [3.05, 3.63) is 24.0 Å². The first-order valence-corrected chi connectivity index (χ1v) is 4.72. The van der Waals surface area contributed by atoms with Crippen molar-refractivity contribution in [2.75, 3.05) is 12.3 Å². The van der Waals surface area contributed by atoms with Gasteiger partial charge in [0.25, 0.3) is 0 Å². The fourth-order valence-corrected chi connectivity index (χ4v) is 1.67. The standard InChI is InChI=1S/C10H13N3O2.2ClH/c11-7-1-2-9-8(5-7)12-10(6-15)13(9)3-4-14;;/h1-2,5,14-15H,3-4,6,11H2;2*1H. The molecule has 2 rings (SSSR count). The molecule has 4 N–H and O–H groups in total. The van der Waals surface area contributed by atoms with Crippen LogP contribution in [-0.4, -0.2) is 26.4 Å². The van der Waals surface area contributed by atoms with Gasteiger partial charge in [0.15, 0.2) is 0 Å². The van der Waals surface area contributed by atoms with Crippen LogP contribution < -0.4 is 5.73 Å². The smallest absolute Gasteiger partial charge is 0.135 e. The molecule has 5 nitrogen and oxygen atoms in total. The van der Waals surface area contributed by atoms with Gasteiger partial charge in [0.1, 0.15) is 12.4 Å². The lowest BCUT2D eigenvalue weighted by Gasteiger charge is -2.04. The lowest BCUT2D eigenvalue weighted by Crippen LogP contribution is -2.06. The molecule has 17 heavy (non-hydrogen) atoms. The normalized spacial score (nSPS) is 9.76. The van der Waals surface area contributed by atoms with E-state index in [1.165, 1.54) is 0 Å². The maximum atomic E-state index is 9.12. The average molecular weight is 280 g/mol. The van der Waals surface area contributed by atoms with Crippen LogP contribution in [-0.2, 0) is 13.2 Å². The van der Waals surface area contributed by atoms with Crippen LogP contribution in [0.5, 0.6) is 0 Å². The summed E-state index contributed by atoms with van der Waals surface area (Å²) in [6.45, 7) is 0.299. The quantitative estimate of drug-likeness (QED) is 0.731. The van der Waals surface area contributed by atoms with Crippen LogP contribution in [0.1, 0.15) is 5.82 Å². The summed E-state index contributed by atoms with van der Waals surface area (Å²) in [4.78, 5) is 4.23. The minimum atomic E-state index is -0.144. The fraction of sp³-hybridized carbons (Fsp3) is 0.300. The summed E-state index contributed by atoms with van der Waals surface area (Å²) < 4.78 is 1.79. The van der Waals surface area contributed by atoms with Gasteiger partial charge in [-0.25, -0.2) is 4.98 Å². The number of imidazole rings is 1. The summed E-state index contributed by atoms with van der Waals surface area (Å²) in [7, 11) is 0. The SMILES string of the molecule is Cl.Cl.Nc1ccc2c(c1)nc(CO)n2CCO. The Balaban J connectivity index is 0.00000128. The largest absolute Gasteiger partial charge is 0.399 e. The van der Waals surface area contributed by atoms with E-state index < -0.39 is 0 Å². The monoisotopic (exact) mass is 279 g/mol. The highest BCUT2D eigenvalue weighted by Crippen LogP contribution is 2.18. The molecule has 0 aliphatic carbocycles. The van der Waals surface area contributed by atoms with Gasteiger partial charge in [-0.05, 0) is 18.2 Å². The zero-order valence-electron chi connectivity index (χ0n) is 9.04. The number of nitrogens with two attached hydrogens (primary N) is 1. The second-order valence-corrected chi connectivity index (χ2v) is 3.31. The van der Waals surface area contributed by atoms with Gasteiger partial charge in [-0.3, -0.25) is 0 Å². The lowest BCUT2D eigenvalue weighted by molar-refractivity contribution is 0.248. The highest BCUT2D eigenvalue weighted by atomic mass is 35.5. The Kier molecular flexibility index (Phi) is 6.26. The summed E-state index contributed by atoms with van der Waals surface area (Å²) >= 11 is 0. The van der Waals surface area contributed by atoms with E-state index in [-0.39, 0.29) is 38.0 Å². The zero-order chi connectivity index (χ0) is 10.8. The van der Waals surface area contributed by atoms with Gasteiger partial charge in [0.05, 0.1) is 17.6 Å². The Hall–Kier alpha value is -1.01. The molecule has 0 unspecified atom stereocenters. The van der Waals surface area contributed by atoms with E-state index in [0.717, 1.165) is 11.0 Å². The van der Waals surface area contributed by atoms with Gasteiger partial charge in [-0.2, -0.15) is 0 Å². The number of nitrogen functional groups attached to an aromatic ring is 1. The molecule has 0 fully saturated rings. The van der Waals surface area contributed by atoms with Gasteiger partial charge in [0, 0.05) is 12.2 Å². The molecule has 0 aliphatic rings. The van der Waals surface area contributed by atoms with E-state index in [1.807, 2.05) is 6.07 Å². The number of nitrogens with zero attached hydrogens (tertiary/aromatic N) is 2. The second kappa shape index (κ2) is 6.66. The maximum absolute atomic E-state index is 9.12. The van der Waals surface area contributed by atoms with Crippen molar-refractivity contribution in [1.82, 2.24) is 9.55 Å². The van der Waals surface area contributed by atoms with Crippen LogP contribution in [0.15, 0.2) is 18.2 Å². The molecule has 0 bridgehead atoms. The van der Waals surface area contributed by atoms with E-state index in [1.54, 1.807) is 16.7 Å². The number of anilines is 1. The third-order valence-corrected chi connectivity index (χ3v) is 2.32. The van der Waals surface area contributed by atoms with Crippen LogP contribution in [0.4, 0.5) is 5.69 Å². The maximum Gasteiger partial charge on any atom is 0.135 e. The molecule has 2 aromatic rings. The van der Waals surface area contributed by atoms with Crippen LogP contribution in [0, 0.1) is 0 Å². The second-order valence-electron chi connectivity index (χ2n) is 3.31. The number of rotatable bonds is 3. The Bertz CT molecular complexity index is 488. The van der Waals surface area contributed by atoms with Crippen LogP contribution in [0.2, 0.25) is 0 Å². The molecule has 0 spiro atoms. The van der Waals surface area contributed by atoms with Crippen LogP contribution in [0.25, 0.3) is 11.0 Å². The molecular formula is C10H15Cl2N3O2. The van der Waals surface area contributed by atoms with Gasteiger partial charge in [-0.1, -0.05) is 0 Å². The Morgan fingerprint density at radius 2 is 1.94 bits per heavy atom. The molecule has 0 atom stereocenters. The van der Waals surface area contributed by atoms with Gasteiger partial charge in [0.2, 0.25) is 0 Å². The minimum Gasteiger partial charge on any atom is -0.399 e. The van der Waals surface area contributed by atoms with E-state index >= 15 is 0 Å². The predicted octanol–water partition coefficient (Wildman–Crippen LogP) is 0.947. The molecule has 1 aromatic heterocycles. The van der Waals surface area contributed by atoms with Gasteiger partial charge < -0.3 is 20.5 Å². The van der Waals surface area contributed by atoms with Crippen molar-refractivity contribution in [2.45, 2.75) is 13.2 Å². The summed E-state index contributed by atoms with van der Waals surface area (Å²) in [5.41, 5.74) is 7.90. The number of aromatic nitrogens is 2. The first-order chi connectivity index (χ1) is 7.26. The molecule has 0 amide bonds. The van der Waals surface area contributed by atoms with Crippen LogP contribution >= 0.6 is 24.8 Å². The Labute approximate surface area is 111 Å². The molecule has 1 heterocycles. The van der Waals surface area contributed by atoms with E-state index in [0.29, 0.717) is 18.1 Å². The van der Waals surface area contributed by atoms with Crippen molar-refractivity contribution in [3.8, 4) is 0 Å². The van der Waals surface area contributed by atoms with Gasteiger partial charge in [-0.15, -0.1) is 24.8 Å². The van der Waals surface area contributed by atoms with E-state index in [2.05, 4.69) is 4.98 Å². The van der Waals surface area contributed by atoms with E-state index in [9.17, 15) is 0 Å². The molecular weight excluding hydrogens is 265 g/mol. The highest BCUT2D eigenvalue weighted by Gasteiger charge is 2.09. The number of hydrogen-bond acceptors (Lipinski definition) is 4. The van der Waals surface area contributed by atoms with Crippen molar-refractivity contribution in [2.24, 2.45) is 0 Å². The van der Waals surface area contributed by atoms with Crippen molar-refractivity contribution in [3.63, 3.8) is 0 Å². The summed E-state index contributed by atoms with van der Waals surface area (Å²) in [6, 6.07) is 5.37. The number of halogens is 2.